The van der Waals surface area contributed by atoms with Gasteiger partial charge < -0.3 is 10.6 Å². The van der Waals surface area contributed by atoms with Gasteiger partial charge in [-0.3, -0.25) is 5.41 Å². The van der Waals surface area contributed by atoms with E-state index in [9.17, 15) is 0 Å². The maximum Gasteiger partial charge on any atom is 0.122 e. The number of benzene rings is 1. The lowest BCUT2D eigenvalue weighted by Crippen LogP contribution is -2.20. The molecule has 3 heteroatoms. The SMILES string of the molecule is CN(Cc1cccc(C(=N)N)c1)CC1CC1. The highest BCUT2D eigenvalue weighted by atomic mass is 15.1. The number of hydrogen-bond acceptors (Lipinski definition) is 2. The quantitative estimate of drug-likeness (QED) is 0.584. The topological polar surface area (TPSA) is 53.1 Å². The predicted molar refractivity (Wildman–Crippen MR) is 66.5 cm³/mol. The molecule has 1 saturated carbocycles. The van der Waals surface area contributed by atoms with Gasteiger partial charge in [-0.1, -0.05) is 18.2 Å². The second kappa shape index (κ2) is 4.66. The monoisotopic (exact) mass is 217 g/mol. The van der Waals surface area contributed by atoms with Crippen LogP contribution in [0.4, 0.5) is 0 Å². The van der Waals surface area contributed by atoms with Crippen molar-refractivity contribution in [3.05, 3.63) is 35.4 Å². The molecular formula is C13H19N3. The van der Waals surface area contributed by atoms with E-state index in [0.717, 1.165) is 18.0 Å². The van der Waals surface area contributed by atoms with Crippen LogP contribution < -0.4 is 5.73 Å². The van der Waals surface area contributed by atoms with Crippen LogP contribution in [0.3, 0.4) is 0 Å². The van der Waals surface area contributed by atoms with Crippen molar-refractivity contribution in [2.24, 2.45) is 11.7 Å². The number of nitrogens with zero attached hydrogens (tertiary/aromatic N) is 1. The minimum Gasteiger partial charge on any atom is -0.384 e. The second-order valence-electron chi connectivity index (χ2n) is 4.75. The van der Waals surface area contributed by atoms with Gasteiger partial charge in [0, 0.05) is 18.7 Å². The molecule has 1 aliphatic carbocycles. The van der Waals surface area contributed by atoms with Crippen molar-refractivity contribution >= 4 is 5.84 Å². The van der Waals surface area contributed by atoms with Crippen molar-refractivity contribution in [2.45, 2.75) is 19.4 Å². The van der Waals surface area contributed by atoms with Crippen molar-refractivity contribution in [3.63, 3.8) is 0 Å². The molecule has 16 heavy (non-hydrogen) atoms. The van der Waals surface area contributed by atoms with E-state index in [0.29, 0.717) is 0 Å². The molecule has 0 heterocycles. The van der Waals surface area contributed by atoms with Crippen LogP contribution >= 0.6 is 0 Å². The Labute approximate surface area is 96.8 Å². The van der Waals surface area contributed by atoms with E-state index in [4.69, 9.17) is 11.1 Å². The molecule has 0 unspecified atom stereocenters. The molecule has 1 aromatic rings. The molecule has 0 aromatic heterocycles. The van der Waals surface area contributed by atoms with Crippen LogP contribution in [0.2, 0.25) is 0 Å². The summed E-state index contributed by atoms with van der Waals surface area (Å²) in [4.78, 5) is 2.34. The van der Waals surface area contributed by atoms with Crippen LogP contribution in [0.15, 0.2) is 24.3 Å². The minimum atomic E-state index is 0.145. The summed E-state index contributed by atoms with van der Waals surface area (Å²) < 4.78 is 0. The van der Waals surface area contributed by atoms with Gasteiger partial charge >= 0.3 is 0 Å². The van der Waals surface area contributed by atoms with Crippen molar-refractivity contribution in [2.75, 3.05) is 13.6 Å². The fourth-order valence-electron chi connectivity index (χ4n) is 1.95. The van der Waals surface area contributed by atoms with E-state index in [-0.39, 0.29) is 5.84 Å². The normalized spacial score (nSPS) is 15.4. The van der Waals surface area contributed by atoms with E-state index in [1.807, 2.05) is 18.2 Å². The van der Waals surface area contributed by atoms with Crippen LogP contribution in [0.1, 0.15) is 24.0 Å². The van der Waals surface area contributed by atoms with Gasteiger partial charge in [-0.2, -0.15) is 0 Å². The van der Waals surface area contributed by atoms with Crippen molar-refractivity contribution in [3.8, 4) is 0 Å². The molecule has 1 aliphatic rings. The average molecular weight is 217 g/mol. The summed E-state index contributed by atoms with van der Waals surface area (Å²) in [5.74, 6) is 1.06. The Hall–Kier alpha value is -1.35. The fraction of sp³-hybridized carbons (Fsp3) is 0.462. The van der Waals surface area contributed by atoms with E-state index < -0.39 is 0 Å². The number of nitrogen functional groups attached to an aromatic ring is 1. The van der Waals surface area contributed by atoms with Gasteiger partial charge in [0.05, 0.1) is 0 Å². The van der Waals surface area contributed by atoms with Crippen molar-refractivity contribution < 1.29 is 0 Å². The lowest BCUT2D eigenvalue weighted by atomic mass is 10.1. The van der Waals surface area contributed by atoms with Gasteiger partial charge in [0.25, 0.3) is 0 Å². The summed E-state index contributed by atoms with van der Waals surface area (Å²) >= 11 is 0. The summed E-state index contributed by atoms with van der Waals surface area (Å²) in [6.07, 6.45) is 2.77. The molecular weight excluding hydrogens is 198 g/mol. The Balaban J connectivity index is 1.96. The van der Waals surface area contributed by atoms with Crippen LogP contribution in [0, 0.1) is 11.3 Å². The highest BCUT2D eigenvalue weighted by Crippen LogP contribution is 2.29. The van der Waals surface area contributed by atoms with Crippen molar-refractivity contribution in [1.29, 1.82) is 5.41 Å². The van der Waals surface area contributed by atoms with Gasteiger partial charge in [0.1, 0.15) is 5.84 Å². The number of nitrogens with one attached hydrogen (secondary N) is 1. The molecule has 1 fully saturated rings. The smallest absolute Gasteiger partial charge is 0.122 e. The third-order valence-corrected chi connectivity index (χ3v) is 2.96. The number of hydrogen-bond donors (Lipinski definition) is 2. The summed E-state index contributed by atoms with van der Waals surface area (Å²) in [5, 5.41) is 7.40. The summed E-state index contributed by atoms with van der Waals surface area (Å²) in [6, 6.07) is 7.95. The van der Waals surface area contributed by atoms with E-state index in [2.05, 4.69) is 18.0 Å². The summed E-state index contributed by atoms with van der Waals surface area (Å²) in [6.45, 7) is 2.13. The van der Waals surface area contributed by atoms with Gasteiger partial charge in [-0.25, -0.2) is 0 Å². The zero-order valence-electron chi connectivity index (χ0n) is 9.74. The molecule has 3 N–H and O–H groups in total. The van der Waals surface area contributed by atoms with E-state index >= 15 is 0 Å². The largest absolute Gasteiger partial charge is 0.384 e. The van der Waals surface area contributed by atoms with Gasteiger partial charge in [0.15, 0.2) is 0 Å². The lowest BCUT2D eigenvalue weighted by Gasteiger charge is -2.16. The number of nitrogens with two attached hydrogens (primary N) is 1. The maximum absolute atomic E-state index is 7.40. The predicted octanol–water partition coefficient (Wildman–Crippen LogP) is 1.81. The van der Waals surface area contributed by atoms with Gasteiger partial charge in [-0.15, -0.1) is 0 Å². The zero-order valence-corrected chi connectivity index (χ0v) is 9.74. The fourth-order valence-corrected chi connectivity index (χ4v) is 1.95. The Morgan fingerprint density at radius 1 is 1.50 bits per heavy atom. The highest BCUT2D eigenvalue weighted by Gasteiger charge is 2.22. The first-order valence-corrected chi connectivity index (χ1v) is 5.77. The Morgan fingerprint density at radius 2 is 2.25 bits per heavy atom. The molecule has 1 aromatic carbocycles. The molecule has 0 atom stereocenters. The molecule has 0 radical (unpaired) electrons. The van der Waals surface area contributed by atoms with Crippen molar-refractivity contribution in [1.82, 2.24) is 4.90 Å². The second-order valence-corrected chi connectivity index (χ2v) is 4.75. The first-order valence-electron chi connectivity index (χ1n) is 5.77. The Bertz CT molecular complexity index is 383. The Morgan fingerprint density at radius 3 is 2.88 bits per heavy atom. The third kappa shape index (κ3) is 3.07. The van der Waals surface area contributed by atoms with Gasteiger partial charge in [0.2, 0.25) is 0 Å². The van der Waals surface area contributed by atoms with Crippen LogP contribution in [-0.4, -0.2) is 24.3 Å². The molecule has 2 rings (SSSR count). The molecule has 0 spiro atoms. The molecule has 0 amide bonds. The van der Waals surface area contributed by atoms with Crippen LogP contribution in [-0.2, 0) is 6.54 Å². The van der Waals surface area contributed by atoms with E-state index in [1.165, 1.54) is 24.9 Å². The van der Waals surface area contributed by atoms with Gasteiger partial charge in [-0.05, 0) is 37.4 Å². The third-order valence-electron chi connectivity index (χ3n) is 2.96. The first kappa shape index (κ1) is 11.1. The van der Waals surface area contributed by atoms with Crippen LogP contribution in [0.25, 0.3) is 0 Å². The minimum absolute atomic E-state index is 0.145. The summed E-state index contributed by atoms with van der Waals surface area (Å²) in [5.41, 5.74) is 7.52. The highest BCUT2D eigenvalue weighted by molar-refractivity contribution is 5.95. The molecule has 0 bridgehead atoms. The zero-order chi connectivity index (χ0) is 11.5. The molecule has 0 saturated heterocycles. The Kier molecular flexibility index (Phi) is 3.25. The lowest BCUT2D eigenvalue weighted by molar-refractivity contribution is 0.313. The average Bonchev–Trinajstić information content (AvgIpc) is 3.01. The number of amidine groups is 1. The molecule has 0 aliphatic heterocycles. The standard InChI is InChI=1S/C13H19N3/c1-16(8-10-5-6-10)9-11-3-2-4-12(7-11)13(14)15/h2-4,7,10H,5-6,8-9H2,1H3,(H3,14,15). The maximum atomic E-state index is 7.40. The van der Waals surface area contributed by atoms with E-state index in [1.54, 1.807) is 0 Å². The number of rotatable bonds is 5. The summed E-state index contributed by atoms with van der Waals surface area (Å²) in [7, 11) is 2.15. The van der Waals surface area contributed by atoms with Crippen LogP contribution in [0.5, 0.6) is 0 Å². The first-order chi connectivity index (χ1) is 7.65. The molecule has 86 valence electrons. The molecule has 3 nitrogen and oxygen atoms in total.